The van der Waals surface area contributed by atoms with Crippen molar-refractivity contribution >= 4 is 29.9 Å². The quantitative estimate of drug-likeness (QED) is 0.298. The lowest BCUT2D eigenvalue weighted by atomic mass is 10.1. The molecule has 0 saturated heterocycles. The lowest BCUT2D eigenvalue weighted by molar-refractivity contribution is 0.625. The molecule has 132 valence electrons. The Morgan fingerprint density at radius 2 is 2.00 bits per heavy atom. The average Bonchev–Trinajstić information content (AvgIpc) is 2.95. The summed E-state index contributed by atoms with van der Waals surface area (Å²) in [4.78, 5) is 4.19. The van der Waals surface area contributed by atoms with Gasteiger partial charge in [-0.25, -0.2) is 4.39 Å². The van der Waals surface area contributed by atoms with Crippen LogP contribution in [0.3, 0.4) is 0 Å². The van der Waals surface area contributed by atoms with E-state index in [-0.39, 0.29) is 29.8 Å². The Hall–Kier alpha value is -1.64. The van der Waals surface area contributed by atoms with Gasteiger partial charge in [-0.15, -0.1) is 24.0 Å². The van der Waals surface area contributed by atoms with Crippen molar-refractivity contribution in [2.75, 3.05) is 20.1 Å². The number of guanidine groups is 1. The normalized spacial score (nSPS) is 11.0. The minimum Gasteiger partial charge on any atom is -0.356 e. The summed E-state index contributed by atoms with van der Waals surface area (Å²) in [6.07, 6.45) is 6.68. The van der Waals surface area contributed by atoms with Gasteiger partial charge in [0.05, 0.1) is 6.20 Å². The van der Waals surface area contributed by atoms with E-state index in [1.54, 1.807) is 19.2 Å². The Morgan fingerprint density at radius 3 is 2.67 bits per heavy atom. The SMILES string of the molecule is CN=C(NCCCc1cnn(C)c1)NCCc1cccc(F)c1.I. The molecule has 1 heterocycles. The van der Waals surface area contributed by atoms with Crippen LogP contribution >= 0.6 is 24.0 Å². The number of aromatic nitrogens is 2. The Bertz CT molecular complexity index is 641. The summed E-state index contributed by atoms with van der Waals surface area (Å²) in [6, 6.07) is 6.68. The molecule has 24 heavy (non-hydrogen) atoms. The second-order valence-electron chi connectivity index (χ2n) is 5.43. The molecule has 0 saturated carbocycles. The summed E-state index contributed by atoms with van der Waals surface area (Å²) in [5.74, 6) is 0.577. The minimum absolute atomic E-state index is 0. The van der Waals surface area contributed by atoms with Crippen LogP contribution in [0.5, 0.6) is 0 Å². The molecule has 5 nitrogen and oxygen atoms in total. The summed E-state index contributed by atoms with van der Waals surface area (Å²) >= 11 is 0. The van der Waals surface area contributed by atoms with Gasteiger partial charge in [0.2, 0.25) is 0 Å². The number of aryl methyl sites for hydroxylation is 2. The first kappa shape index (κ1) is 20.4. The van der Waals surface area contributed by atoms with Crippen molar-refractivity contribution in [3.05, 3.63) is 53.6 Å². The van der Waals surface area contributed by atoms with Gasteiger partial charge in [0.1, 0.15) is 5.82 Å². The number of nitrogens with one attached hydrogen (secondary N) is 2. The molecule has 0 unspecified atom stereocenters. The Balaban J connectivity index is 0.00000288. The van der Waals surface area contributed by atoms with Gasteiger partial charge >= 0.3 is 0 Å². The van der Waals surface area contributed by atoms with Crippen LogP contribution in [-0.4, -0.2) is 35.9 Å². The van der Waals surface area contributed by atoms with Gasteiger partial charge in [0, 0.05) is 33.4 Å². The molecule has 0 fully saturated rings. The average molecular weight is 445 g/mol. The van der Waals surface area contributed by atoms with Gasteiger partial charge in [0.25, 0.3) is 0 Å². The highest BCUT2D eigenvalue weighted by atomic mass is 127. The first-order chi connectivity index (χ1) is 11.2. The number of aliphatic imine (C=N–C) groups is 1. The van der Waals surface area contributed by atoms with Crippen LogP contribution in [0.2, 0.25) is 0 Å². The van der Waals surface area contributed by atoms with Crippen LogP contribution in [0.4, 0.5) is 4.39 Å². The number of rotatable bonds is 7. The van der Waals surface area contributed by atoms with Crippen LogP contribution in [0.1, 0.15) is 17.5 Å². The molecule has 0 aliphatic heterocycles. The van der Waals surface area contributed by atoms with E-state index in [2.05, 4.69) is 20.7 Å². The molecular weight excluding hydrogens is 420 g/mol. The van der Waals surface area contributed by atoms with Crippen molar-refractivity contribution in [1.82, 2.24) is 20.4 Å². The molecular formula is C17H25FIN5. The molecule has 2 rings (SSSR count). The lowest BCUT2D eigenvalue weighted by Gasteiger charge is -2.11. The number of hydrogen-bond acceptors (Lipinski definition) is 2. The van der Waals surface area contributed by atoms with E-state index < -0.39 is 0 Å². The lowest BCUT2D eigenvalue weighted by Crippen LogP contribution is -2.38. The third kappa shape index (κ3) is 7.29. The van der Waals surface area contributed by atoms with Crippen molar-refractivity contribution < 1.29 is 4.39 Å². The van der Waals surface area contributed by atoms with Crippen molar-refractivity contribution in [2.45, 2.75) is 19.3 Å². The van der Waals surface area contributed by atoms with Crippen molar-refractivity contribution in [1.29, 1.82) is 0 Å². The molecule has 2 N–H and O–H groups in total. The van der Waals surface area contributed by atoms with Crippen LogP contribution in [0.15, 0.2) is 41.7 Å². The molecule has 0 radical (unpaired) electrons. The van der Waals surface area contributed by atoms with Gasteiger partial charge in [-0.3, -0.25) is 9.67 Å². The first-order valence-corrected chi connectivity index (χ1v) is 7.84. The summed E-state index contributed by atoms with van der Waals surface area (Å²) in [5, 5.41) is 10.7. The van der Waals surface area contributed by atoms with Gasteiger partial charge in [0.15, 0.2) is 5.96 Å². The Morgan fingerprint density at radius 1 is 1.21 bits per heavy atom. The van der Waals surface area contributed by atoms with Gasteiger partial charge in [-0.05, 0) is 42.5 Å². The summed E-state index contributed by atoms with van der Waals surface area (Å²) in [6.45, 7) is 1.56. The maximum absolute atomic E-state index is 13.1. The maximum Gasteiger partial charge on any atom is 0.190 e. The van der Waals surface area contributed by atoms with E-state index in [0.29, 0.717) is 6.54 Å². The highest BCUT2D eigenvalue weighted by Gasteiger charge is 2.00. The zero-order valence-corrected chi connectivity index (χ0v) is 16.5. The molecule has 1 aromatic carbocycles. The highest BCUT2D eigenvalue weighted by molar-refractivity contribution is 14.0. The third-order valence-corrected chi connectivity index (χ3v) is 3.51. The van der Waals surface area contributed by atoms with Crippen molar-refractivity contribution in [3.63, 3.8) is 0 Å². The molecule has 1 aromatic heterocycles. The van der Waals surface area contributed by atoms with Gasteiger partial charge in [-0.1, -0.05) is 12.1 Å². The zero-order valence-electron chi connectivity index (χ0n) is 14.1. The van der Waals surface area contributed by atoms with Crippen molar-refractivity contribution in [3.8, 4) is 0 Å². The maximum atomic E-state index is 13.1. The van der Waals surface area contributed by atoms with E-state index in [4.69, 9.17) is 0 Å². The van der Waals surface area contributed by atoms with Crippen molar-refractivity contribution in [2.24, 2.45) is 12.0 Å². The molecule has 0 aliphatic carbocycles. The predicted molar refractivity (Wildman–Crippen MR) is 106 cm³/mol. The largest absolute Gasteiger partial charge is 0.356 e. The second kappa shape index (κ2) is 11.0. The molecule has 0 bridgehead atoms. The highest BCUT2D eigenvalue weighted by Crippen LogP contribution is 2.03. The number of halogens is 2. The molecule has 0 atom stereocenters. The first-order valence-electron chi connectivity index (χ1n) is 7.84. The molecule has 7 heteroatoms. The fourth-order valence-electron chi connectivity index (χ4n) is 2.34. The predicted octanol–water partition coefficient (Wildman–Crippen LogP) is 2.52. The van der Waals surface area contributed by atoms with Crippen LogP contribution < -0.4 is 10.6 Å². The topological polar surface area (TPSA) is 54.2 Å². The molecule has 0 amide bonds. The number of hydrogen-bond donors (Lipinski definition) is 2. The van der Waals surface area contributed by atoms with Gasteiger partial charge < -0.3 is 10.6 Å². The monoisotopic (exact) mass is 445 g/mol. The zero-order chi connectivity index (χ0) is 16.5. The van der Waals surface area contributed by atoms with E-state index in [1.165, 1.54) is 11.6 Å². The minimum atomic E-state index is -0.194. The van der Waals surface area contributed by atoms with Crippen LogP contribution in [-0.2, 0) is 19.9 Å². The van der Waals surface area contributed by atoms with E-state index in [9.17, 15) is 4.39 Å². The fourth-order valence-corrected chi connectivity index (χ4v) is 2.34. The Kier molecular flexibility index (Phi) is 9.36. The van der Waals surface area contributed by atoms with Crippen LogP contribution in [0, 0.1) is 5.82 Å². The summed E-state index contributed by atoms with van der Waals surface area (Å²) in [7, 11) is 3.67. The second-order valence-corrected chi connectivity index (χ2v) is 5.43. The standard InChI is InChI=1S/C17H24FN5.HI/c1-19-17(20-9-4-6-15-12-22-23(2)13-15)21-10-8-14-5-3-7-16(18)11-14;/h3,5,7,11-13H,4,6,8-10H2,1-2H3,(H2,19,20,21);1H. The fraction of sp³-hybridized carbons (Fsp3) is 0.412. The third-order valence-electron chi connectivity index (χ3n) is 3.51. The van der Waals surface area contributed by atoms with Crippen LogP contribution in [0.25, 0.3) is 0 Å². The molecule has 2 aromatic rings. The van der Waals surface area contributed by atoms with E-state index >= 15 is 0 Å². The summed E-state index contributed by atoms with van der Waals surface area (Å²) in [5.41, 5.74) is 2.22. The Labute approximate surface area is 159 Å². The van der Waals surface area contributed by atoms with Gasteiger partial charge in [-0.2, -0.15) is 5.10 Å². The summed E-state index contributed by atoms with van der Waals surface area (Å²) < 4.78 is 14.9. The smallest absolute Gasteiger partial charge is 0.190 e. The number of benzene rings is 1. The molecule has 0 aliphatic rings. The number of nitrogens with zero attached hydrogens (tertiary/aromatic N) is 3. The molecule has 0 spiro atoms. The van der Waals surface area contributed by atoms with E-state index in [1.807, 2.05) is 30.2 Å². The van der Waals surface area contributed by atoms with E-state index in [0.717, 1.165) is 37.3 Å².